The van der Waals surface area contributed by atoms with Crippen LogP contribution in [0.4, 0.5) is 40.6 Å². The maximum absolute atomic E-state index is 11.3. The van der Waals surface area contributed by atoms with E-state index in [0.717, 1.165) is 16.1 Å². The molecule has 2 aliphatic rings. The number of hydrogen-bond donors (Lipinski definition) is 6. The van der Waals surface area contributed by atoms with E-state index in [-0.39, 0.29) is 47.4 Å². The van der Waals surface area contributed by atoms with Crippen molar-refractivity contribution in [3.05, 3.63) is 163 Å². The Balaban J connectivity index is 0.000000176. The first-order valence-electron chi connectivity index (χ1n) is 17.7. The first-order valence-corrected chi connectivity index (χ1v) is 17.7. The molecule has 2 aliphatic heterocycles. The van der Waals surface area contributed by atoms with E-state index in [1.54, 1.807) is 72.8 Å². The summed E-state index contributed by atoms with van der Waals surface area (Å²) in [6, 6.07) is 33.6. The second-order valence-electron chi connectivity index (χ2n) is 12.3. The van der Waals surface area contributed by atoms with Crippen LogP contribution in [0.15, 0.2) is 132 Å². The van der Waals surface area contributed by atoms with Crippen molar-refractivity contribution >= 4 is 73.7 Å². The highest BCUT2D eigenvalue weighted by molar-refractivity contribution is 5.74. The van der Waals surface area contributed by atoms with Crippen molar-refractivity contribution in [3.63, 3.8) is 0 Å². The molecule has 0 amide bonds. The van der Waals surface area contributed by atoms with Crippen LogP contribution in [0.3, 0.4) is 0 Å². The Morgan fingerprint density at radius 3 is 1.67 bits per heavy atom. The molecular formula is C35H34N20O9. The maximum atomic E-state index is 11.3. The number of nitrogen functional groups attached to an aromatic ring is 3. The van der Waals surface area contributed by atoms with Crippen LogP contribution in [0.5, 0.6) is 0 Å². The van der Waals surface area contributed by atoms with Gasteiger partial charge in [-0.3, -0.25) is 22.4 Å². The fourth-order valence-corrected chi connectivity index (χ4v) is 5.37. The molecule has 5 heterocycles. The SMILES string of the molecule is NC1N=[N+]([O-])c2ccccc2N1O.NC1N=[N+]([O-])c2ccccc2N1[O-].Nc1n[n+]([O-])c2ccccc2[n+]1[O-].Nc1nc2ccccc2[n+]([O-])n1.Nc1nnc2ccccc2n1.O=O.[H+]. The average Bonchev–Trinajstić information content (AvgIpc) is 3.31. The molecule has 0 fully saturated rings. The monoisotopic (exact) mass is 878 g/mol. The van der Waals surface area contributed by atoms with E-state index in [0.29, 0.717) is 45.9 Å². The summed E-state index contributed by atoms with van der Waals surface area (Å²) in [4.78, 5) is 23.4. The highest BCUT2D eigenvalue weighted by Gasteiger charge is 2.28. The van der Waals surface area contributed by atoms with Crippen molar-refractivity contribution in [3.8, 4) is 0 Å². The number of fused-ring (bicyclic) bond motifs is 5. The molecule has 5 aromatic carbocycles. The van der Waals surface area contributed by atoms with E-state index in [2.05, 4.69) is 40.6 Å². The summed E-state index contributed by atoms with van der Waals surface area (Å²) < 4.78 is 0.420. The van der Waals surface area contributed by atoms with Crippen molar-refractivity contribution in [1.29, 1.82) is 0 Å². The molecule has 0 saturated heterocycles. The Hall–Kier alpha value is -9.45. The van der Waals surface area contributed by atoms with E-state index < -0.39 is 12.6 Å². The molecule has 8 aromatic rings. The average molecular weight is 879 g/mol. The summed E-state index contributed by atoms with van der Waals surface area (Å²) in [5, 5.41) is 98.7. The lowest BCUT2D eigenvalue weighted by Crippen LogP contribution is -2.44. The number of nitrogens with two attached hydrogens (primary N) is 5. The van der Waals surface area contributed by atoms with Crippen LogP contribution >= 0.6 is 0 Å². The standard InChI is InChI=1S/C7H8N4O2.C7H7N4O2.C7H6N4O2.C7H6N4O.C7H6N4.O2/c3*8-7-9-11(13)6-4-2-1-3-5(6)10(7)12;8-7-9-5-3-1-2-4-6(5)11(12)10-7;8-7-9-5-3-1-2-4-6(5)10-11-7;1-2/h1-4,7,12H,8H2;1-4,7H,8H2;1-4H,(H2,8,9);1-4H,(H2,8,9,10);1-4H,(H2,8,9,11);/q;-1;;;;/p+1. The van der Waals surface area contributed by atoms with E-state index >= 15 is 0 Å². The Labute approximate surface area is 358 Å². The highest BCUT2D eigenvalue weighted by Crippen LogP contribution is 2.32. The Morgan fingerprint density at radius 2 is 1.02 bits per heavy atom. The van der Waals surface area contributed by atoms with Gasteiger partial charge < -0.3 is 47.8 Å². The maximum Gasteiger partial charge on any atom is 1.00 e. The molecule has 0 bridgehead atoms. The normalized spacial score (nSPS) is 14.4. The van der Waals surface area contributed by atoms with Crippen LogP contribution in [0.25, 0.3) is 33.1 Å². The minimum atomic E-state index is -1.15. The van der Waals surface area contributed by atoms with Crippen molar-refractivity contribution in [2.45, 2.75) is 12.6 Å². The summed E-state index contributed by atoms with van der Waals surface area (Å²) in [6.07, 6.45) is -2.18. The van der Waals surface area contributed by atoms with Gasteiger partial charge in [-0.2, -0.15) is 0 Å². The van der Waals surface area contributed by atoms with Gasteiger partial charge in [-0.15, -0.1) is 10.2 Å². The van der Waals surface area contributed by atoms with Gasteiger partial charge in [0.2, 0.25) is 17.3 Å². The molecule has 10 rings (SSSR count). The molecule has 29 nitrogen and oxygen atoms in total. The first-order chi connectivity index (χ1) is 30.7. The molecule has 0 radical (unpaired) electrons. The van der Waals surface area contributed by atoms with Crippen LogP contribution in [0, 0.1) is 41.2 Å². The quantitative estimate of drug-likeness (QED) is 0.0923. The smallest absolute Gasteiger partial charge is 0.756 e. The number of para-hydroxylation sites is 9. The molecule has 328 valence electrons. The van der Waals surface area contributed by atoms with Gasteiger partial charge in [-0.05, 0) is 51.0 Å². The summed E-state index contributed by atoms with van der Waals surface area (Å²) in [5.41, 5.74) is 30.5. The summed E-state index contributed by atoms with van der Waals surface area (Å²) >= 11 is 0. The minimum absolute atomic E-state index is 0. The van der Waals surface area contributed by atoms with Crippen molar-refractivity contribution in [1.82, 2.24) is 30.4 Å². The number of azo groups is 2. The van der Waals surface area contributed by atoms with E-state index in [1.165, 1.54) is 24.3 Å². The van der Waals surface area contributed by atoms with Gasteiger partial charge in [0.25, 0.3) is 34.6 Å². The van der Waals surface area contributed by atoms with Crippen LogP contribution < -0.4 is 53.2 Å². The predicted octanol–water partition coefficient (Wildman–Crippen LogP) is 1.29. The zero-order valence-electron chi connectivity index (χ0n) is 33.5. The van der Waals surface area contributed by atoms with Gasteiger partial charge in [0.1, 0.15) is 22.4 Å². The van der Waals surface area contributed by atoms with E-state index in [1.807, 2.05) is 24.3 Å². The molecule has 11 N–H and O–H groups in total. The number of nitrogens with zero attached hydrogens (tertiary/aromatic N) is 15. The lowest BCUT2D eigenvalue weighted by Gasteiger charge is -2.34. The summed E-state index contributed by atoms with van der Waals surface area (Å²) in [7, 11) is 0. The molecule has 2 atom stereocenters. The van der Waals surface area contributed by atoms with Gasteiger partial charge in [0, 0.05) is 49.3 Å². The van der Waals surface area contributed by atoms with Crippen molar-refractivity contribution in [2.75, 3.05) is 27.3 Å². The Kier molecular flexibility index (Phi) is 14.7. The molecular weight excluding hydrogens is 845 g/mol. The predicted molar refractivity (Wildman–Crippen MR) is 227 cm³/mol. The number of hydrogen-bond acceptors (Lipinski definition) is 24. The molecule has 3 aromatic heterocycles. The second-order valence-corrected chi connectivity index (χ2v) is 12.3. The zero-order valence-corrected chi connectivity index (χ0v) is 32.5. The number of benzene rings is 5. The third-order valence-corrected chi connectivity index (χ3v) is 8.20. The number of rotatable bonds is 0. The number of anilines is 5. The molecule has 64 heavy (non-hydrogen) atoms. The fourth-order valence-electron chi connectivity index (χ4n) is 5.37. The summed E-state index contributed by atoms with van der Waals surface area (Å²) in [6.45, 7) is 0. The topological polar surface area (TPSA) is 449 Å². The Morgan fingerprint density at radius 1 is 0.547 bits per heavy atom. The van der Waals surface area contributed by atoms with Crippen LogP contribution in [-0.2, 0) is 0 Å². The third kappa shape index (κ3) is 10.6. The lowest BCUT2D eigenvalue weighted by molar-refractivity contribution is -0.672. The molecule has 0 aliphatic carbocycles. The molecule has 29 heteroatoms. The Bertz CT molecular complexity index is 2890. The highest BCUT2D eigenvalue weighted by atomic mass is 16.7. The van der Waals surface area contributed by atoms with Crippen molar-refractivity contribution < 1.29 is 30.8 Å². The van der Waals surface area contributed by atoms with Crippen LogP contribution in [0.1, 0.15) is 1.43 Å². The van der Waals surface area contributed by atoms with Gasteiger partial charge >= 0.3 is 7.37 Å². The lowest BCUT2D eigenvalue weighted by atomic mass is 10.2. The largest absolute Gasteiger partial charge is 1.00 e. The second kappa shape index (κ2) is 20.7. The molecule has 0 spiro atoms. The summed E-state index contributed by atoms with van der Waals surface area (Å²) in [5.74, 6) is -0.152. The molecule has 2 unspecified atom stereocenters. The fraction of sp³-hybridized carbons (Fsp3) is 0.0571. The number of hydroxylamine groups is 2. The van der Waals surface area contributed by atoms with Crippen LogP contribution in [0.2, 0.25) is 0 Å². The van der Waals surface area contributed by atoms with Gasteiger partial charge in [-0.1, -0.05) is 60.7 Å². The zero-order chi connectivity index (χ0) is 46.5. The van der Waals surface area contributed by atoms with E-state index in [4.69, 9.17) is 38.6 Å². The van der Waals surface area contributed by atoms with Gasteiger partial charge in [0.15, 0.2) is 5.52 Å². The van der Waals surface area contributed by atoms with Gasteiger partial charge in [-0.25, -0.2) is 19.8 Å². The minimum Gasteiger partial charge on any atom is -0.756 e. The molecule has 0 saturated carbocycles. The first kappa shape index (κ1) is 45.6. The van der Waals surface area contributed by atoms with E-state index in [9.17, 15) is 36.5 Å². The van der Waals surface area contributed by atoms with Gasteiger partial charge in [0.05, 0.1) is 10.6 Å². The third-order valence-electron chi connectivity index (χ3n) is 8.20. The van der Waals surface area contributed by atoms with Crippen molar-refractivity contribution in [2.24, 2.45) is 21.7 Å². The number of aromatic nitrogens is 9. The van der Waals surface area contributed by atoms with Crippen LogP contribution in [-0.4, -0.2) is 57.9 Å².